The lowest BCUT2D eigenvalue weighted by molar-refractivity contribution is 0.333. The largest absolute Gasteiger partial charge is 0.490 e. The molecule has 0 aromatic heterocycles. The highest BCUT2D eigenvalue weighted by Crippen LogP contribution is 2.36. The van der Waals surface area contributed by atoms with E-state index in [-0.39, 0.29) is 6.04 Å². The summed E-state index contributed by atoms with van der Waals surface area (Å²) in [6.07, 6.45) is 0. The van der Waals surface area contributed by atoms with Crippen LogP contribution in [0.1, 0.15) is 11.6 Å². The van der Waals surface area contributed by atoms with E-state index in [0.29, 0.717) is 11.6 Å². The van der Waals surface area contributed by atoms with Crippen molar-refractivity contribution in [2.24, 2.45) is 5.73 Å². The van der Waals surface area contributed by atoms with E-state index in [0.717, 1.165) is 11.3 Å². The number of fused-ring (bicyclic) bond motifs is 1. The molecule has 1 heterocycles. The maximum Gasteiger partial charge on any atom is 0.142 e. The van der Waals surface area contributed by atoms with Gasteiger partial charge in [0.25, 0.3) is 0 Å². The molecule has 1 aliphatic heterocycles. The van der Waals surface area contributed by atoms with Gasteiger partial charge in [-0.2, -0.15) is 0 Å². The number of nitrogens with two attached hydrogens (primary N) is 1. The minimum Gasteiger partial charge on any atom is -0.490 e. The maximum absolute atomic E-state index is 5.85. The molecule has 1 aliphatic rings. The number of hydrogen-bond acceptors (Lipinski definition) is 2. The monoisotopic (exact) mass is 169 g/mol. The van der Waals surface area contributed by atoms with Crippen molar-refractivity contribution >= 4 is 11.6 Å². The normalized spacial score (nSPS) is 21.1. The Labute approximate surface area is 69.9 Å². The average Bonchev–Trinajstić information content (AvgIpc) is 2.35. The summed E-state index contributed by atoms with van der Waals surface area (Å²) in [4.78, 5) is 0. The zero-order valence-electron chi connectivity index (χ0n) is 5.88. The Morgan fingerprint density at radius 2 is 2.36 bits per heavy atom. The van der Waals surface area contributed by atoms with E-state index < -0.39 is 0 Å². The van der Waals surface area contributed by atoms with Crippen LogP contribution >= 0.6 is 11.6 Å². The van der Waals surface area contributed by atoms with Crippen LogP contribution < -0.4 is 10.5 Å². The molecule has 0 saturated heterocycles. The molecule has 58 valence electrons. The van der Waals surface area contributed by atoms with Gasteiger partial charge in [0.15, 0.2) is 0 Å². The Morgan fingerprint density at radius 1 is 1.55 bits per heavy atom. The minimum absolute atomic E-state index is 0.0105. The first-order valence-electron chi connectivity index (χ1n) is 3.46. The topological polar surface area (TPSA) is 35.2 Å². The number of benzene rings is 1. The van der Waals surface area contributed by atoms with Gasteiger partial charge in [-0.25, -0.2) is 0 Å². The lowest BCUT2D eigenvalue weighted by Gasteiger charge is -2.00. The summed E-state index contributed by atoms with van der Waals surface area (Å²) < 4.78 is 5.28. The molecule has 0 aliphatic carbocycles. The summed E-state index contributed by atoms with van der Waals surface area (Å²) in [5.74, 6) is 0.752. The molecule has 0 bridgehead atoms. The highest BCUT2D eigenvalue weighted by atomic mass is 35.5. The number of ether oxygens (including phenoxy) is 1. The summed E-state index contributed by atoms with van der Waals surface area (Å²) in [6.45, 7) is 0.541. The van der Waals surface area contributed by atoms with Crippen LogP contribution in [-0.2, 0) is 0 Å². The first kappa shape index (κ1) is 6.95. The van der Waals surface area contributed by atoms with Crippen molar-refractivity contribution in [3.63, 3.8) is 0 Å². The first-order valence-corrected chi connectivity index (χ1v) is 3.83. The highest BCUT2D eigenvalue weighted by molar-refractivity contribution is 6.32. The summed E-state index contributed by atoms with van der Waals surface area (Å²) >= 11 is 5.85. The predicted octanol–water partition coefficient (Wildman–Crippen LogP) is 1.73. The number of para-hydroxylation sites is 1. The van der Waals surface area contributed by atoms with Crippen molar-refractivity contribution in [3.05, 3.63) is 28.8 Å². The third-order valence-electron chi connectivity index (χ3n) is 1.80. The molecule has 1 aromatic carbocycles. The summed E-state index contributed by atoms with van der Waals surface area (Å²) in [6, 6.07) is 5.62. The van der Waals surface area contributed by atoms with E-state index in [1.54, 1.807) is 6.07 Å². The zero-order chi connectivity index (χ0) is 7.84. The van der Waals surface area contributed by atoms with Crippen LogP contribution in [0.15, 0.2) is 18.2 Å². The molecule has 3 heteroatoms. The van der Waals surface area contributed by atoms with E-state index in [4.69, 9.17) is 22.1 Å². The maximum atomic E-state index is 5.85. The second-order valence-corrected chi connectivity index (χ2v) is 2.98. The molecule has 0 amide bonds. The molecule has 2 N–H and O–H groups in total. The van der Waals surface area contributed by atoms with Gasteiger partial charge >= 0.3 is 0 Å². The van der Waals surface area contributed by atoms with Crippen molar-refractivity contribution in [3.8, 4) is 5.75 Å². The molecule has 1 atom stereocenters. The van der Waals surface area contributed by atoms with E-state index in [1.807, 2.05) is 12.1 Å². The van der Waals surface area contributed by atoms with Crippen molar-refractivity contribution in [2.75, 3.05) is 6.61 Å². The van der Waals surface area contributed by atoms with Crippen LogP contribution in [-0.4, -0.2) is 6.61 Å². The van der Waals surface area contributed by atoms with Crippen LogP contribution in [0, 0.1) is 0 Å². The van der Waals surface area contributed by atoms with Gasteiger partial charge in [0.1, 0.15) is 12.4 Å². The van der Waals surface area contributed by atoms with Crippen molar-refractivity contribution in [1.29, 1.82) is 0 Å². The molecule has 11 heavy (non-hydrogen) atoms. The standard InChI is InChI=1S/C8H8ClNO/c9-6-3-1-2-5-7(10)4-11-8(5)6/h1-3,7H,4,10H2. The van der Waals surface area contributed by atoms with Gasteiger partial charge in [0, 0.05) is 5.56 Å². The molecule has 2 rings (SSSR count). The third kappa shape index (κ3) is 0.988. The minimum atomic E-state index is -0.0105. The van der Waals surface area contributed by atoms with Gasteiger partial charge in [0.05, 0.1) is 11.1 Å². The number of rotatable bonds is 0. The van der Waals surface area contributed by atoms with Crippen molar-refractivity contribution in [1.82, 2.24) is 0 Å². The summed E-state index contributed by atoms with van der Waals surface area (Å²) in [5.41, 5.74) is 6.74. The summed E-state index contributed by atoms with van der Waals surface area (Å²) in [5, 5.41) is 0.649. The van der Waals surface area contributed by atoms with Crippen LogP contribution in [0.25, 0.3) is 0 Å². The Morgan fingerprint density at radius 3 is 3.09 bits per heavy atom. The molecule has 0 radical (unpaired) electrons. The zero-order valence-corrected chi connectivity index (χ0v) is 6.64. The highest BCUT2D eigenvalue weighted by Gasteiger charge is 2.21. The Bertz CT molecular complexity index is 287. The van der Waals surface area contributed by atoms with Crippen LogP contribution in [0.2, 0.25) is 5.02 Å². The molecule has 2 nitrogen and oxygen atoms in total. The van der Waals surface area contributed by atoms with E-state index in [2.05, 4.69) is 0 Å². The first-order chi connectivity index (χ1) is 5.29. The fraction of sp³-hybridized carbons (Fsp3) is 0.250. The molecule has 1 aromatic rings. The molecule has 0 fully saturated rings. The second kappa shape index (κ2) is 2.40. The smallest absolute Gasteiger partial charge is 0.142 e. The van der Waals surface area contributed by atoms with Gasteiger partial charge < -0.3 is 10.5 Å². The summed E-state index contributed by atoms with van der Waals surface area (Å²) in [7, 11) is 0. The predicted molar refractivity (Wildman–Crippen MR) is 43.9 cm³/mol. The lowest BCUT2D eigenvalue weighted by Crippen LogP contribution is -2.10. The van der Waals surface area contributed by atoms with Gasteiger partial charge in [-0.1, -0.05) is 23.7 Å². The molecular weight excluding hydrogens is 162 g/mol. The quantitative estimate of drug-likeness (QED) is 0.642. The van der Waals surface area contributed by atoms with Gasteiger partial charge in [-0.15, -0.1) is 0 Å². The van der Waals surface area contributed by atoms with Crippen LogP contribution in [0.5, 0.6) is 5.75 Å². The molecule has 0 spiro atoms. The number of hydrogen-bond donors (Lipinski definition) is 1. The SMILES string of the molecule is NC1COc2c(Cl)cccc21. The van der Waals surface area contributed by atoms with E-state index in [9.17, 15) is 0 Å². The average molecular weight is 170 g/mol. The van der Waals surface area contributed by atoms with Crippen molar-refractivity contribution < 1.29 is 4.74 Å². The van der Waals surface area contributed by atoms with Gasteiger partial charge in [-0.05, 0) is 6.07 Å². The van der Waals surface area contributed by atoms with Crippen molar-refractivity contribution in [2.45, 2.75) is 6.04 Å². The number of halogens is 1. The van der Waals surface area contributed by atoms with E-state index in [1.165, 1.54) is 0 Å². The van der Waals surface area contributed by atoms with Crippen LogP contribution in [0.3, 0.4) is 0 Å². The Balaban J connectivity index is 2.57. The second-order valence-electron chi connectivity index (χ2n) is 2.58. The van der Waals surface area contributed by atoms with Gasteiger partial charge in [-0.3, -0.25) is 0 Å². The fourth-order valence-electron chi connectivity index (χ4n) is 1.23. The van der Waals surface area contributed by atoms with E-state index >= 15 is 0 Å². The third-order valence-corrected chi connectivity index (χ3v) is 2.10. The fourth-order valence-corrected chi connectivity index (χ4v) is 1.47. The van der Waals surface area contributed by atoms with Gasteiger partial charge in [0.2, 0.25) is 0 Å². The molecule has 0 saturated carbocycles. The lowest BCUT2D eigenvalue weighted by atomic mass is 10.1. The Hall–Kier alpha value is -0.730. The molecule has 1 unspecified atom stereocenters. The Kier molecular flexibility index (Phi) is 1.51. The molecular formula is C8H8ClNO. The van der Waals surface area contributed by atoms with Crippen LogP contribution in [0.4, 0.5) is 0 Å².